The summed E-state index contributed by atoms with van der Waals surface area (Å²) in [6.07, 6.45) is 0. The Balaban J connectivity index is 5.23. The van der Waals surface area contributed by atoms with Crippen molar-refractivity contribution in [2.45, 2.75) is 59.7 Å². The third-order valence-corrected chi connectivity index (χ3v) is 7.46. The predicted octanol–water partition coefficient (Wildman–Crippen LogP) is 4.24. The van der Waals surface area contributed by atoms with Crippen LogP contribution in [0.1, 0.15) is 41.5 Å². The SMILES string of the molecule is CCOC(OCC)=C(OCC)O[Si](C)(C)C(C)(C)C. The lowest BCUT2D eigenvalue weighted by Gasteiger charge is -2.36. The summed E-state index contributed by atoms with van der Waals surface area (Å²) in [6.45, 7) is 18.2. The molecule has 0 N–H and O–H groups in total. The van der Waals surface area contributed by atoms with Crippen molar-refractivity contribution in [1.29, 1.82) is 0 Å². The molecule has 0 aromatic heterocycles. The van der Waals surface area contributed by atoms with Gasteiger partial charge in [0, 0.05) is 0 Å². The van der Waals surface area contributed by atoms with Crippen LogP contribution in [0.4, 0.5) is 0 Å². The van der Waals surface area contributed by atoms with E-state index in [1.807, 2.05) is 20.8 Å². The molecular formula is C14H30O4Si. The summed E-state index contributed by atoms with van der Waals surface area (Å²) in [6, 6.07) is 0. The summed E-state index contributed by atoms with van der Waals surface area (Å²) in [5, 5.41) is 0.0961. The van der Waals surface area contributed by atoms with Crippen LogP contribution < -0.4 is 0 Å². The quantitative estimate of drug-likeness (QED) is 0.495. The van der Waals surface area contributed by atoms with Crippen molar-refractivity contribution in [3.63, 3.8) is 0 Å². The Morgan fingerprint density at radius 3 is 1.47 bits per heavy atom. The van der Waals surface area contributed by atoms with Crippen molar-refractivity contribution >= 4 is 8.32 Å². The van der Waals surface area contributed by atoms with Crippen LogP contribution in [0, 0.1) is 0 Å². The molecule has 0 amide bonds. The molecule has 0 aliphatic rings. The van der Waals surface area contributed by atoms with E-state index in [0.717, 1.165) is 0 Å². The molecule has 0 rings (SSSR count). The van der Waals surface area contributed by atoms with Crippen LogP contribution in [-0.2, 0) is 18.6 Å². The average molecular weight is 290 g/mol. The van der Waals surface area contributed by atoms with Crippen molar-refractivity contribution in [3.8, 4) is 0 Å². The Morgan fingerprint density at radius 1 is 0.789 bits per heavy atom. The normalized spacial score (nSPS) is 11.8. The molecule has 5 heteroatoms. The number of rotatable bonds is 8. The van der Waals surface area contributed by atoms with Crippen LogP contribution in [0.25, 0.3) is 0 Å². The second-order valence-electron chi connectivity index (χ2n) is 5.74. The topological polar surface area (TPSA) is 36.9 Å². The van der Waals surface area contributed by atoms with E-state index in [4.69, 9.17) is 18.6 Å². The first-order chi connectivity index (χ1) is 8.69. The minimum atomic E-state index is -1.97. The summed E-state index contributed by atoms with van der Waals surface area (Å²) >= 11 is 0. The lowest BCUT2D eigenvalue weighted by atomic mass is 10.2. The Labute approximate surface area is 119 Å². The second-order valence-corrected chi connectivity index (χ2v) is 10.5. The smallest absolute Gasteiger partial charge is 0.362 e. The summed E-state index contributed by atoms with van der Waals surface area (Å²) in [5.41, 5.74) is 0. The number of hydrogen-bond donors (Lipinski definition) is 0. The zero-order chi connectivity index (χ0) is 15.1. The third kappa shape index (κ3) is 5.76. The molecule has 0 saturated carbocycles. The van der Waals surface area contributed by atoms with Gasteiger partial charge in [-0.15, -0.1) is 0 Å². The first-order valence-corrected chi connectivity index (χ1v) is 9.92. The molecule has 4 nitrogen and oxygen atoms in total. The standard InChI is InChI=1S/C14H30O4Si/c1-9-15-12(16-10-2)13(17-11-3)18-19(7,8)14(4,5)6/h9-11H2,1-8H3. The van der Waals surface area contributed by atoms with Gasteiger partial charge in [-0.25, -0.2) is 0 Å². The molecule has 0 heterocycles. The van der Waals surface area contributed by atoms with Gasteiger partial charge in [0.15, 0.2) is 0 Å². The van der Waals surface area contributed by atoms with Gasteiger partial charge in [0.05, 0.1) is 19.8 Å². The molecule has 0 aromatic carbocycles. The van der Waals surface area contributed by atoms with Gasteiger partial charge < -0.3 is 18.6 Å². The highest BCUT2D eigenvalue weighted by atomic mass is 28.4. The van der Waals surface area contributed by atoms with E-state index in [2.05, 4.69) is 33.9 Å². The zero-order valence-corrected chi connectivity index (χ0v) is 14.8. The molecule has 0 aliphatic heterocycles. The Kier molecular flexibility index (Phi) is 7.33. The Bertz CT molecular complexity index is 284. The summed E-state index contributed by atoms with van der Waals surface area (Å²) in [5.74, 6) is 0.745. The highest BCUT2D eigenvalue weighted by molar-refractivity contribution is 6.74. The molecule has 0 unspecified atom stereocenters. The first kappa shape index (κ1) is 18.2. The number of hydrogen-bond acceptors (Lipinski definition) is 4. The first-order valence-electron chi connectivity index (χ1n) is 7.01. The molecule has 0 atom stereocenters. The van der Waals surface area contributed by atoms with Gasteiger partial charge in [-0.1, -0.05) is 20.8 Å². The minimum Gasteiger partial charge on any atom is -0.514 e. The van der Waals surface area contributed by atoms with E-state index in [0.29, 0.717) is 31.7 Å². The van der Waals surface area contributed by atoms with E-state index in [-0.39, 0.29) is 5.04 Å². The largest absolute Gasteiger partial charge is 0.514 e. The monoisotopic (exact) mass is 290 g/mol. The van der Waals surface area contributed by atoms with E-state index in [9.17, 15) is 0 Å². The zero-order valence-electron chi connectivity index (χ0n) is 13.8. The Hall–Kier alpha value is -0.843. The highest BCUT2D eigenvalue weighted by Crippen LogP contribution is 2.38. The van der Waals surface area contributed by atoms with Crippen LogP contribution in [0.15, 0.2) is 11.9 Å². The van der Waals surface area contributed by atoms with Gasteiger partial charge in [0.25, 0.3) is 8.32 Å². The van der Waals surface area contributed by atoms with Gasteiger partial charge in [-0.2, -0.15) is 0 Å². The Morgan fingerprint density at radius 2 is 1.16 bits per heavy atom. The lowest BCUT2D eigenvalue weighted by molar-refractivity contribution is -0.0113. The molecule has 0 spiro atoms. The molecule has 114 valence electrons. The summed E-state index contributed by atoms with van der Waals surface area (Å²) < 4.78 is 22.7. The third-order valence-electron chi connectivity index (χ3n) is 3.15. The van der Waals surface area contributed by atoms with E-state index in [1.54, 1.807) is 0 Å². The lowest BCUT2D eigenvalue weighted by Crippen LogP contribution is -2.41. The molecule has 0 bridgehead atoms. The fourth-order valence-corrected chi connectivity index (χ4v) is 1.98. The van der Waals surface area contributed by atoms with Gasteiger partial charge in [-0.3, -0.25) is 0 Å². The average Bonchev–Trinajstić information content (AvgIpc) is 2.26. The van der Waals surface area contributed by atoms with Crippen molar-refractivity contribution in [1.82, 2.24) is 0 Å². The molecule has 0 aliphatic carbocycles. The predicted molar refractivity (Wildman–Crippen MR) is 80.2 cm³/mol. The van der Waals surface area contributed by atoms with Crippen molar-refractivity contribution < 1.29 is 18.6 Å². The van der Waals surface area contributed by atoms with Gasteiger partial charge in [-0.05, 0) is 38.9 Å². The maximum Gasteiger partial charge on any atom is 0.362 e. The molecule has 0 radical (unpaired) electrons. The second kappa shape index (κ2) is 7.67. The minimum absolute atomic E-state index is 0.0961. The maximum atomic E-state index is 6.16. The van der Waals surface area contributed by atoms with E-state index in [1.165, 1.54) is 0 Å². The van der Waals surface area contributed by atoms with Gasteiger partial charge in [0.2, 0.25) is 0 Å². The molecule has 0 fully saturated rings. The molecule has 0 aromatic rings. The van der Waals surface area contributed by atoms with E-state index >= 15 is 0 Å². The summed E-state index contributed by atoms with van der Waals surface area (Å²) in [7, 11) is -1.97. The van der Waals surface area contributed by atoms with Crippen molar-refractivity contribution in [2.24, 2.45) is 0 Å². The van der Waals surface area contributed by atoms with Crippen molar-refractivity contribution in [2.75, 3.05) is 19.8 Å². The molecule has 19 heavy (non-hydrogen) atoms. The van der Waals surface area contributed by atoms with Crippen LogP contribution in [-0.4, -0.2) is 28.1 Å². The van der Waals surface area contributed by atoms with Crippen LogP contribution in [0.2, 0.25) is 18.1 Å². The maximum absolute atomic E-state index is 6.16. The van der Waals surface area contributed by atoms with Gasteiger partial charge in [0.1, 0.15) is 0 Å². The fourth-order valence-electron chi connectivity index (χ4n) is 1.07. The van der Waals surface area contributed by atoms with Crippen LogP contribution >= 0.6 is 0 Å². The fraction of sp³-hybridized carbons (Fsp3) is 0.857. The summed E-state index contributed by atoms with van der Waals surface area (Å²) in [4.78, 5) is 0. The van der Waals surface area contributed by atoms with Crippen LogP contribution in [0.5, 0.6) is 0 Å². The molecular weight excluding hydrogens is 260 g/mol. The number of ether oxygens (including phenoxy) is 3. The molecule has 0 saturated heterocycles. The van der Waals surface area contributed by atoms with Crippen LogP contribution in [0.3, 0.4) is 0 Å². The van der Waals surface area contributed by atoms with Gasteiger partial charge >= 0.3 is 11.9 Å². The highest BCUT2D eigenvalue weighted by Gasteiger charge is 2.41. The van der Waals surface area contributed by atoms with Crippen molar-refractivity contribution in [3.05, 3.63) is 11.9 Å². The van der Waals surface area contributed by atoms with E-state index < -0.39 is 8.32 Å².